The third kappa shape index (κ3) is 2.54. The molecule has 0 amide bonds. The third-order valence-corrected chi connectivity index (χ3v) is 2.89. The second-order valence-electron chi connectivity index (χ2n) is 3.82. The van der Waals surface area contributed by atoms with Crippen LogP contribution in [0.2, 0.25) is 5.15 Å². The van der Waals surface area contributed by atoms with Crippen LogP contribution in [0.5, 0.6) is 0 Å². The highest BCUT2D eigenvalue weighted by atomic mass is 35.5. The van der Waals surface area contributed by atoms with Gasteiger partial charge < -0.3 is 10.4 Å². The number of nitrogens with zero attached hydrogens (tertiary/aromatic N) is 3. The van der Waals surface area contributed by atoms with Crippen LogP contribution in [0.25, 0.3) is 0 Å². The van der Waals surface area contributed by atoms with Crippen LogP contribution in [-0.4, -0.2) is 32.4 Å². The van der Waals surface area contributed by atoms with E-state index >= 15 is 0 Å². The van der Waals surface area contributed by atoms with Crippen molar-refractivity contribution in [1.29, 1.82) is 0 Å². The number of nitrogens with one attached hydrogen (secondary N) is 1. The molecule has 0 aliphatic heterocycles. The molecule has 0 radical (unpaired) electrons. The number of aryl methyl sites for hydroxylation is 1. The zero-order chi connectivity index (χ0) is 10.8. The summed E-state index contributed by atoms with van der Waals surface area (Å²) < 4.78 is 0. The van der Waals surface area contributed by atoms with Crippen molar-refractivity contribution in [3.8, 4) is 0 Å². The Bertz CT molecular complexity index is 360. The molecule has 82 valence electrons. The number of aromatic nitrogens is 3. The van der Waals surface area contributed by atoms with Crippen LogP contribution in [-0.2, 0) is 0 Å². The maximum Gasteiger partial charge on any atom is 0.243 e. The average molecular weight is 229 g/mol. The molecule has 0 aromatic carbocycles. The molecular formula is C9H13ClN4O. The van der Waals surface area contributed by atoms with Crippen molar-refractivity contribution in [2.45, 2.75) is 38.3 Å². The number of hydrogen-bond donors (Lipinski definition) is 2. The fourth-order valence-electron chi connectivity index (χ4n) is 1.72. The van der Waals surface area contributed by atoms with Crippen LogP contribution in [0.4, 0.5) is 5.95 Å². The van der Waals surface area contributed by atoms with Gasteiger partial charge in [0.05, 0.1) is 11.8 Å². The Morgan fingerprint density at radius 3 is 2.80 bits per heavy atom. The molecule has 0 spiro atoms. The van der Waals surface area contributed by atoms with E-state index in [-0.39, 0.29) is 12.1 Å². The molecule has 0 saturated heterocycles. The largest absolute Gasteiger partial charge is 0.393 e. The van der Waals surface area contributed by atoms with E-state index in [9.17, 15) is 5.11 Å². The number of anilines is 1. The van der Waals surface area contributed by atoms with Gasteiger partial charge in [-0.1, -0.05) is 11.6 Å². The molecule has 1 aromatic rings. The number of aliphatic hydroxyl groups excluding tert-OH is 1. The van der Waals surface area contributed by atoms with E-state index in [0.717, 1.165) is 19.3 Å². The Labute approximate surface area is 92.9 Å². The highest BCUT2D eigenvalue weighted by Gasteiger charge is 2.23. The number of halogens is 1. The third-order valence-electron chi connectivity index (χ3n) is 2.54. The Kier molecular flexibility index (Phi) is 3.02. The Morgan fingerprint density at radius 1 is 1.40 bits per heavy atom. The predicted molar refractivity (Wildman–Crippen MR) is 56.8 cm³/mol. The first-order valence-electron chi connectivity index (χ1n) is 4.96. The summed E-state index contributed by atoms with van der Waals surface area (Å²) in [6.45, 7) is 1.78. The monoisotopic (exact) mass is 228 g/mol. The van der Waals surface area contributed by atoms with E-state index in [4.69, 9.17) is 11.6 Å². The van der Waals surface area contributed by atoms with Crippen molar-refractivity contribution >= 4 is 17.5 Å². The number of hydrogen-bond acceptors (Lipinski definition) is 5. The van der Waals surface area contributed by atoms with Crippen LogP contribution in [0.15, 0.2) is 0 Å². The first-order valence-corrected chi connectivity index (χ1v) is 5.34. The lowest BCUT2D eigenvalue weighted by molar-refractivity contribution is 0.182. The van der Waals surface area contributed by atoms with Crippen molar-refractivity contribution in [2.75, 3.05) is 5.32 Å². The van der Waals surface area contributed by atoms with Crippen molar-refractivity contribution in [3.63, 3.8) is 0 Å². The van der Waals surface area contributed by atoms with Gasteiger partial charge in [0.2, 0.25) is 5.95 Å². The van der Waals surface area contributed by atoms with E-state index in [1.54, 1.807) is 6.92 Å². The van der Waals surface area contributed by atoms with Crippen LogP contribution >= 0.6 is 11.6 Å². The van der Waals surface area contributed by atoms with Gasteiger partial charge in [0, 0.05) is 6.04 Å². The quantitative estimate of drug-likeness (QED) is 0.795. The molecule has 2 rings (SSSR count). The molecule has 6 heteroatoms. The lowest BCUT2D eigenvalue weighted by Crippen LogP contribution is -2.19. The highest BCUT2D eigenvalue weighted by Crippen LogP contribution is 2.21. The molecule has 1 aliphatic carbocycles. The maximum absolute atomic E-state index is 9.36. The van der Waals surface area contributed by atoms with Gasteiger partial charge in [-0.25, -0.2) is 4.98 Å². The summed E-state index contributed by atoms with van der Waals surface area (Å²) in [4.78, 5) is 4.16. The summed E-state index contributed by atoms with van der Waals surface area (Å²) in [7, 11) is 0. The summed E-state index contributed by atoms with van der Waals surface area (Å²) in [5.74, 6) is 0.482. The van der Waals surface area contributed by atoms with Crippen LogP contribution < -0.4 is 5.32 Å². The average Bonchev–Trinajstić information content (AvgIpc) is 2.58. The van der Waals surface area contributed by atoms with E-state index in [0.29, 0.717) is 16.8 Å². The molecule has 0 bridgehead atoms. The number of rotatable bonds is 2. The van der Waals surface area contributed by atoms with Crippen LogP contribution in [0.1, 0.15) is 25.0 Å². The number of aliphatic hydroxyl groups is 1. The fourth-order valence-corrected chi connectivity index (χ4v) is 1.80. The summed E-state index contributed by atoms with van der Waals surface area (Å²) in [5, 5.41) is 20.4. The first kappa shape index (κ1) is 10.6. The zero-order valence-corrected chi connectivity index (χ0v) is 9.20. The lowest BCUT2D eigenvalue weighted by Gasteiger charge is -2.11. The molecule has 5 nitrogen and oxygen atoms in total. The molecular weight excluding hydrogens is 216 g/mol. The predicted octanol–water partition coefficient (Wildman–Crippen LogP) is 1.16. The minimum atomic E-state index is -0.205. The fraction of sp³-hybridized carbons (Fsp3) is 0.667. The van der Waals surface area contributed by atoms with Crippen molar-refractivity contribution < 1.29 is 5.11 Å². The van der Waals surface area contributed by atoms with Gasteiger partial charge in [0.15, 0.2) is 5.15 Å². The summed E-state index contributed by atoms with van der Waals surface area (Å²) in [6.07, 6.45) is 2.30. The smallest absolute Gasteiger partial charge is 0.243 e. The minimum Gasteiger partial charge on any atom is -0.393 e. The van der Waals surface area contributed by atoms with Gasteiger partial charge in [-0.05, 0) is 26.2 Å². The Balaban J connectivity index is 2.02. The molecule has 1 heterocycles. The van der Waals surface area contributed by atoms with Crippen molar-refractivity contribution in [2.24, 2.45) is 0 Å². The lowest BCUT2D eigenvalue weighted by atomic mass is 10.2. The van der Waals surface area contributed by atoms with E-state index in [1.165, 1.54) is 0 Å². The molecule has 0 unspecified atom stereocenters. The Hall–Kier alpha value is -0.940. The molecule has 1 saturated carbocycles. The molecule has 1 aliphatic rings. The molecule has 2 atom stereocenters. The van der Waals surface area contributed by atoms with Gasteiger partial charge >= 0.3 is 0 Å². The van der Waals surface area contributed by atoms with E-state index in [1.807, 2.05) is 0 Å². The van der Waals surface area contributed by atoms with Gasteiger partial charge in [-0.3, -0.25) is 0 Å². The topological polar surface area (TPSA) is 70.9 Å². The summed E-state index contributed by atoms with van der Waals surface area (Å²) in [6, 6.07) is 0.238. The van der Waals surface area contributed by atoms with Crippen molar-refractivity contribution in [1.82, 2.24) is 15.2 Å². The molecule has 2 N–H and O–H groups in total. The first-order chi connectivity index (χ1) is 7.15. The van der Waals surface area contributed by atoms with E-state index in [2.05, 4.69) is 20.5 Å². The highest BCUT2D eigenvalue weighted by molar-refractivity contribution is 6.29. The van der Waals surface area contributed by atoms with Crippen LogP contribution in [0.3, 0.4) is 0 Å². The molecule has 15 heavy (non-hydrogen) atoms. The maximum atomic E-state index is 9.36. The zero-order valence-electron chi connectivity index (χ0n) is 8.44. The van der Waals surface area contributed by atoms with Crippen molar-refractivity contribution in [3.05, 3.63) is 10.8 Å². The van der Waals surface area contributed by atoms with Crippen LogP contribution in [0, 0.1) is 6.92 Å². The second kappa shape index (κ2) is 4.28. The van der Waals surface area contributed by atoms with E-state index < -0.39 is 0 Å². The van der Waals surface area contributed by atoms with Gasteiger partial charge in [-0.15, -0.1) is 10.2 Å². The Morgan fingerprint density at radius 2 is 2.20 bits per heavy atom. The standard InChI is InChI=1S/C9H13ClN4O/c1-5-8(10)13-14-9(11-5)12-6-2-3-7(15)4-6/h6-7,15H,2-4H2,1H3,(H,11,12,14)/t6-,7+/m1/s1. The summed E-state index contributed by atoms with van der Waals surface area (Å²) >= 11 is 5.72. The SMILES string of the molecule is Cc1nc(N[C@@H]2CC[C@H](O)C2)nnc1Cl. The normalized spacial score (nSPS) is 25.5. The van der Waals surface area contributed by atoms with Gasteiger partial charge in [0.25, 0.3) is 0 Å². The second-order valence-corrected chi connectivity index (χ2v) is 4.18. The van der Waals surface area contributed by atoms with Gasteiger partial charge in [-0.2, -0.15) is 0 Å². The minimum absolute atomic E-state index is 0.205. The van der Waals surface area contributed by atoms with Gasteiger partial charge in [0.1, 0.15) is 0 Å². The molecule has 1 aromatic heterocycles. The summed E-state index contributed by atoms with van der Waals surface area (Å²) in [5.41, 5.74) is 0.660. The molecule has 1 fully saturated rings.